The highest BCUT2D eigenvalue weighted by molar-refractivity contribution is 5.47. The fourth-order valence-corrected chi connectivity index (χ4v) is 4.42. The molecular formula is C26H28O. The number of phenolic OH excluding ortho intramolecular Hbond substituents is 1. The van der Waals surface area contributed by atoms with E-state index in [2.05, 4.69) is 60.7 Å². The van der Waals surface area contributed by atoms with Gasteiger partial charge >= 0.3 is 0 Å². The highest BCUT2D eigenvalue weighted by atomic mass is 16.3. The van der Waals surface area contributed by atoms with Crippen LogP contribution < -0.4 is 0 Å². The molecule has 3 aromatic rings. The molecule has 0 aromatic heterocycles. The Hall–Kier alpha value is -2.54. The highest BCUT2D eigenvalue weighted by Crippen LogP contribution is 2.38. The van der Waals surface area contributed by atoms with E-state index >= 15 is 0 Å². The van der Waals surface area contributed by atoms with Crippen molar-refractivity contribution in [3.63, 3.8) is 0 Å². The van der Waals surface area contributed by atoms with Gasteiger partial charge in [0.1, 0.15) is 5.75 Å². The van der Waals surface area contributed by atoms with Crippen LogP contribution in [0.25, 0.3) is 0 Å². The van der Waals surface area contributed by atoms with Crippen LogP contribution in [0.4, 0.5) is 0 Å². The van der Waals surface area contributed by atoms with Gasteiger partial charge < -0.3 is 5.11 Å². The van der Waals surface area contributed by atoms with Crippen molar-refractivity contribution in [3.8, 4) is 5.75 Å². The molecule has 1 aliphatic rings. The van der Waals surface area contributed by atoms with E-state index in [1.54, 1.807) is 0 Å². The predicted octanol–water partition coefficient (Wildman–Crippen LogP) is 6.62. The summed E-state index contributed by atoms with van der Waals surface area (Å²) in [6, 6.07) is 25.4. The van der Waals surface area contributed by atoms with E-state index in [1.165, 1.54) is 54.4 Å². The Labute approximate surface area is 162 Å². The van der Waals surface area contributed by atoms with E-state index in [1.807, 2.05) is 12.1 Å². The molecule has 4 rings (SSSR count). The van der Waals surface area contributed by atoms with Gasteiger partial charge in [-0.2, -0.15) is 0 Å². The standard InChI is InChI=1S/C26H28O/c27-26-19-23(16-20-10-4-1-5-11-20)25(22-14-8-3-9-15-22)18-24(26)17-21-12-6-2-7-13-21/h1-2,4-7,10-13,18-19,22,27H,3,8-9,14-17H2. The SMILES string of the molecule is Oc1cc(Cc2ccccc2)c(C2CCCCC2)cc1Cc1ccccc1. The molecule has 1 heteroatoms. The number of benzene rings is 3. The molecule has 0 amide bonds. The molecular weight excluding hydrogens is 328 g/mol. The van der Waals surface area contributed by atoms with E-state index in [9.17, 15) is 5.11 Å². The molecule has 0 heterocycles. The first-order chi connectivity index (χ1) is 13.3. The zero-order valence-corrected chi connectivity index (χ0v) is 15.9. The third kappa shape index (κ3) is 4.42. The fraction of sp³-hybridized carbons (Fsp3) is 0.308. The summed E-state index contributed by atoms with van der Waals surface area (Å²) < 4.78 is 0. The smallest absolute Gasteiger partial charge is 0.119 e. The highest BCUT2D eigenvalue weighted by Gasteiger charge is 2.20. The van der Waals surface area contributed by atoms with E-state index in [4.69, 9.17) is 0 Å². The zero-order valence-electron chi connectivity index (χ0n) is 15.9. The van der Waals surface area contributed by atoms with Gasteiger partial charge in [0.25, 0.3) is 0 Å². The van der Waals surface area contributed by atoms with E-state index < -0.39 is 0 Å². The predicted molar refractivity (Wildman–Crippen MR) is 112 cm³/mol. The molecule has 0 atom stereocenters. The van der Waals surface area contributed by atoms with Gasteiger partial charge in [-0.25, -0.2) is 0 Å². The maximum Gasteiger partial charge on any atom is 0.119 e. The van der Waals surface area contributed by atoms with E-state index in [0.29, 0.717) is 11.7 Å². The number of phenols is 1. The lowest BCUT2D eigenvalue weighted by Crippen LogP contribution is -2.09. The lowest BCUT2D eigenvalue weighted by atomic mass is 9.80. The average Bonchev–Trinajstić information content (AvgIpc) is 2.72. The largest absolute Gasteiger partial charge is 0.508 e. The summed E-state index contributed by atoms with van der Waals surface area (Å²) in [6.45, 7) is 0. The summed E-state index contributed by atoms with van der Waals surface area (Å²) in [5.74, 6) is 1.07. The molecule has 0 saturated heterocycles. The third-order valence-corrected chi connectivity index (χ3v) is 5.86. The first-order valence-electron chi connectivity index (χ1n) is 10.2. The van der Waals surface area contributed by atoms with Gasteiger partial charge in [-0.1, -0.05) is 86.0 Å². The number of rotatable bonds is 5. The molecule has 0 spiro atoms. The number of hydrogen-bond donors (Lipinski definition) is 1. The Balaban J connectivity index is 1.69. The molecule has 0 radical (unpaired) electrons. The van der Waals surface area contributed by atoms with Crippen LogP contribution in [0.2, 0.25) is 0 Å². The molecule has 3 aromatic carbocycles. The lowest BCUT2D eigenvalue weighted by Gasteiger charge is -2.26. The lowest BCUT2D eigenvalue weighted by molar-refractivity contribution is 0.438. The van der Waals surface area contributed by atoms with Crippen molar-refractivity contribution in [2.24, 2.45) is 0 Å². The van der Waals surface area contributed by atoms with Gasteiger partial charge in [0.2, 0.25) is 0 Å². The zero-order chi connectivity index (χ0) is 18.5. The Bertz CT molecular complexity index is 861. The van der Waals surface area contributed by atoms with Crippen molar-refractivity contribution in [1.29, 1.82) is 0 Å². The summed E-state index contributed by atoms with van der Waals surface area (Å²) >= 11 is 0. The second-order valence-electron chi connectivity index (χ2n) is 7.84. The van der Waals surface area contributed by atoms with Crippen LogP contribution in [0.5, 0.6) is 5.75 Å². The molecule has 1 saturated carbocycles. The van der Waals surface area contributed by atoms with Crippen LogP contribution in [0, 0.1) is 0 Å². The monoisotopic (exact) mass is 356 g/mol. The quantitative estimate of drug-likeness (QED) is 0.544. The van der Waals surface area contributed by atoms with Crippen LogP contribution in [-0.2, 0) is 12.8 Å². The van der Waals surface area contributed by atoms with Gasteiger partial charge in [0, 0.05) is 6.42 Å². The normalized spacial score (nSPS) is 15.0. The Morgan fingerprint density at radius 1 is 0.667 bits per heavy atom. The minimum absolute atomic E-state index is 0.435. The average molecular weight is 357 g/mol. The van der Waals surface area contributed by atoms with Crippen LogP contribution in [0.1, 0.15) is 65.8 Å². The summed E-state index contributed by atoms with van der Waals surface area (Å²) in [6.07, 6.45) is 8.24. The second kappa shape index (κ2) is 8.43. The van der Waals surface area contributed by atoms with Crippen molar-refractivity contribution in [1.82, 2.24) is 0 Å². The molecule has 1 N–H and O–H groups in total. The molecule has 0 bridgehead atoms. The summed E-state index contributed by atoms with van der Waals surface area (Å²) in [5.41, 5.74) is 6.37. The van der Waals surface area contributed by atoms with E-state index in [0.717, 1.165) is 18.4 Å². The fourth-order valence-electron chi connectivity index (χ4n) is 4.42. The van der Waals surface area contributed by atoms with Crippen molar-refractivity contribution in [3.05, 3.63) is 101 Å². The van der Waals surface area contributed by atoms with Gasteiger partial charge in [-0.05, 0) is 59.1 Å². The van der Waals surface area contributed by atoms with Crippen molar-refractivity contribution in [2.45, 2.75) is 50.9 Å². The van der Waals surface area contributed by atoms with Gasteiger partial charge in [-0.15, -0.1) is 0 Å². The van der Waals surface area contributed by atoms with Gasteiger partial charge in [-0.3, -0.25) is 0 Å². The first-order valence-corrected chi connectivity index (χ1v) is 10.2. The van der Waals surface area contributed by atoms with Crippen LogP contribution in [-0.4, -0.2) is 5.11 Å². The van der Waals surface area contributed by atoms with E-state index in [-0.39, 0.29) is 0 Å². The van der Waals surface area contributed by atoms with Gasteiger partial charge in [0.15, 0.2) is 0 Å². The maximum absolute atomic E-state index is 10.8. The molecule has 0 aliphatic heterocycles. The Morgan fingerprint density at radius 2 is 1.22 bits per heavy atom. The minimum Gasteiger partial charge on any atom is -0.508 e. The van der Waals surface area contributed by atoms with Gasteiger partial charge in [0.05, 0.1) is 0 Å². The Kier molecular flexibility index (Phi) is 5.58. The molecule has 138 valence electrons. The molecule has 1 aliphatic carbocycles. The van der Waals surface area contributed by atoms with Crippen molar-refractivity contribution in [2.75, 3.05) is 0 Å². The van der Waals surface area contributed by atoms with Crippen LogP contribution in [0.15, 0.2) is 72.8 Å². The summed E-state index contributed by atoms with van der Waals surface area (Å²) in [7, 11) is 0. The maximum atomic E-state index is 10.8. The molecule has 1 nitrogen and oxygen atoms in total. The Morgan fingerprint density at radius 3 is 1.81 bits per heavy atom. The van der Waals surface area contributed by atoms with Crippen LogP contribution in [0.3, 0.4) is 0 Å². The second-order valence-corrected chi connectivity index (χ2v) is 7.84. The third-order valence-electron chi connectivity index (χ3n) is 5.86. The first kappa shape index (κ1) is 17.9. The molecule has 1 fully saturated rings. The molecule has 27 heavy (non-hydrogen) atoms. The number of hydrogen-bond acceptors (Lipinski definition) is 1. The summed E-state index contributed by atoms with van der Waals surface area (Å²) in [5, 5.41) is 10.8. The summed E-state index contributed by atoms with van der Waals surface area (Å²) in [4.78, 5) is 0. The van der Waals surface area contributed by atoms with Crippen molar-refractivity contribution >= 4 is 0 Å². The van der Waals surface area contributed by atoms with Crippen molar-refractivity contribution < 1.29 is 5.11 Å². The van der Waals surface area contributed by atoms with Crippen LogP contribution >= 0.6 is 0 Å². The minimum atomic E-state index is 0.435. The topological polar surface area (TPSA) is 20.2 Å². The number of aromatic hydroxyl groups is 1. The molecule has 0 unspecified atom stereocenters.